The zero-order valence-corrected chi connectivity index (χ0v) is 10.1. The summed E-state index contributed by atoms with van der Waals surface area (Å²) < 4.78 is 0. The van der Waals surface area contributed by atoms with Gasteiger partial charge in [-0.25, -0.2) is 5.10 Å². The summed E-state index contributed by atoms with van der Waals surface area (Å²) in [5, 5.41) is 8.65. The van der Waals surface area contributed by atoms with E-state index in [1.807, 2.05) is 13.8 Å². The first kappa shape index (κ1) is 13.4. The topological polar surface area (TPSA) is 101 Å². The van der Waals surface area contributed by atoms with Gasteiger partial charge in [-0.2, -0.15) is 5.10 Å². The molecule has 0 saturated carbocycles. The summed E-state index contributed by atoms with van der Waals surface area (Å²) in [5.41, 5.74) is 4.79. The van der Waals surface area contributed by atoms with Gasteiger partial charge in [-0.3, -0.25) is 9.59 Å². The van der Waals surface area contributed by atoms with E-state index in [1.54, 1.807) is 0 Å². The monoisotopic (exact) mass is 238 g/mol. The number of carbonyl (C=O) groups is 1. The van der Waals surface area contributed by atoms with Gasteiger partial charge >= 0.3 is 0 Å². The van der Waals surface area contributed by atoms with Crippen molar-refractivity contribution in [3.63, 3.8) is 0 Å². The van der Waals surface area contributed by atoms with Crippen molar-refractivity contribution in [2.24, 2.45) is 11.1 Å². The van der Waals surface area contributed by atoms with Crippen LogP contribution in [0.4, 0.5) is 5.82 Å². The summed E-state index contributed by atoms with van der Waals surface area (Å²) in [5.74, 6) is 0.166. The van der Waals surface area contributed by atoms with Crippen LogP contribution in [0.2, 0.25) is 0 Å². The molecule has 1 amide bonds. The van der Waals surface area contributed by atoms with Gasteiger partial charge in [0, 0.05) is 12.6 Å². The van der Waals surface area contributed by atoms with Crippen LogP contribution < -0.4 is 16.6 Å². The highest BCUT2D eigenvalue weighted by Crippen LogP contribution is 2.26. The quantitative estimate of drug-likeness (QED) is 0.694. The largest absolute Gasteiger partial charge is 0.329 e. The molecular formula is C11H18N4O2. The van der Waals surface area contributed by atoms with Crippen LogP contribution in [-0.4, -0.2) is 22.6 Å². The number of anilines is 1. The highest BCUT2D eigenvalue weighted by molar-refractivity contribution is 5.94. The first-order valence-electron chi connectivity index (χ1n) is 5.65. The third-order valence-electron chi connectivity index (χ3n) is 3.15. The van der Waals surface area contributed by atoms with E-state index in [9.17, 15) is 9.59 Å². The molecule has 1 heterocycles. The molecule has 0 radical (unpaired) electrons. The minimum Gasteiger partial charge on any atom is -0.329 e. The second-order valence-electron chi connectivity index (χ2n) is 3.95. The predicted octanol–water partition coefficient (Wildman–Crippen LogP) is 0.473. The van der Waals surface area contributed by atoms with Crippen LogP contribution >= 0.6 is 0 Å². The number of aromatic nitrogens is 2. The molecule has 0 atom stereocenters. The molecule has 17 heavy (non-hydrogen) atoms. The number of nitrogens with zero attached hydrogens (tertiary/aromatic N) is 1. The van der Waals surface area contributed by atoms with Crippen molar-refractivity contribution in [3.8, 4) is 0 Å². The molecule has 0 aliphatic heterocycles. The Labute approximate surface area is 99.6 Å². The third kappa shape index (κ3) is 2.91. The van der Waals surface area contributed by atoms with Crippen molar-refractivity contribution in [2.75, 3.05) is 11.9 Å². The fourth-order valence-corrected chi connectivity index (χ4v) is 1.62. The molecule has 4 N–H and O–H groups in total. The maximum Gasteiger partial charge on any atom is 0.264 e. The molecule has 0 saturated heterocycles. The number of hydrogen-bond acceptors (Lipinski definition) is 4. The van der Waals surface area contributed by atoms with Gasteiger partial charge in [0.2, 0.25) is 5.91 Å². The van der Waals surface area contributed by atoms with E-state index in [1.165, 1.54) is 12.1 Å². The Hall–Kier alpha value is -1.69. The van der Waals surface area contributed by atoms with Crippen molar-refractivity contribution < 1.29 is 4.79 Å². The van der Waals surface area contributed by atoms with Crippen LogP contribution in [0.15, 0.2) is 16.9 Å². The van der Waals surface area contributed by atoms with E-state index in [4.69, 9.17) is 5.73 Å². The lowest BCUT2D eigenvalue weighted by atomic mass is 9.81. The van der Waals surface area contributed by atoms with E-state index in [-0.39, 0.29) is 18.0 Å². The number of H-pyrrole nitrogens is 1. The molecule has 1 aromatic heterocycles. The summed E-state index contributed by atoms with van der Waals surface area (Å²) >= 11 is 0. The Kier molecular flexibility index (Phi) is 4.39. The standard InChI is InChI=1S/C11H18N4O2/c1-3-11(4-2,7-12)10(17)13-8-5-6-9(16)15-14-8/h5-6H,3-4,7,12H2,1-2H3,(H,15,16)(H,13,14,17). The van der Waals surface area contributed by atoms with Gasteiger partial charge in [-0.05, 0) is 18.9 Å². The minimum absolute atomic E-state index is 0.162. The van der Waals surface area contributed by atoms with E-state index in [0.29, 0.717) is 18.7 Å². The third-order valence-corrected chi connectivity index (χ3v) is 3.15. The van der Waals surface area contributed by atoms with Gasteiger partial charge < -0.3 is 11.1 Å². The summed E-state index contributed by atoms with van der Waals surface area (Å²) in [4.78, 5) is 22.9. The van der Waals surface area contributed by atoms with Crippen LogP contribution in [0.1, 0.15) is 26.7 Å². The zero-order valence-electron chi connectivity index (χ0n) is 10.1. The summed E-state index contributed by atoms with van der Waals surface area (Å²) in [6.45, 7) is 4.14. The second-order valence-corrected chi connectivity index (χ2v) is 3.95. The molecule has 1 aromatic rings. The van der Waals surface area contributed by atoms with Crippen LogP contribution in [0.5, 0.6) is 0 Å². The average Bonchev–Trinajstić information content (AvgIpc) is 2.35. The first-order valence-corrected chi connectivity index (χ1v) is 5.65. The minimum atomic E-state index is -0.572. The number of rotatable bonds is 5. The first-order chi connectivity index (χ1) is 8.07. The van der Waals surface area contributed by atoms with Crippen molar-refractivity contribution in [1.29, 1.82) is 0 Å². The molecule has 0 fully saturated rings. The van der Waals surface area contributed by atoms with Crippen molar-refractivity contribution in [2.45, 2.75) is 26.7 Å². The van der Waals surface area contributed by atoms with E-state index >= 15 is 0 Å². The van der Waals surface area contributed by atoms with E-state index < -0.39 is 5.41 Å². The summed E-state index contributed by atoms with van der Waals surface area (Å²) in [7, 11) is 0. The Morgan fingerprint density at radius 1 is 1.47 bits per heavy atom. The van der Waals surface area contributed by atoms with E-state index in [0.717, 1.165) is 0 Å². The fraction of sp³-hybridized carbons (Fsp3) is 0.545. The molecular weight excluding hydrogens is 220 g/mol. The lowest BCUT2D eigenvalue weighted by molar-refractivity contribution is -0.125. The lowest BCUT2D eigenvalue weighted by Gasteiger charge is -2.28. The predicted molar refractivity (Wildman–Crippen MR) is 65.6 cm³/mol. The smallest absolute Gasteiger partial charge is 0.264 e. The zero-order chi connectivity index (χ0) is 12.9. The van der Waals surface area contributed by atoms with Crippen molar-refractivity contribution >= 4 is 11.7 Å². The van der Waals surface area contributed by atoms with Crippen LogP contribution in [0.3, 0.4) is 0 Å². The molecule has 94 valence electrons. The van der Waals surface area contributed by atoms with Gasteiger partial charge in [-0.15, -0.1) is 0 Å². The van der Waals surface area contributed by atoms with E-state index in [2.05, 4.69) is 15.5 Å². The van der Waals surface area contributed by atoms with Crippen molar-refractivity contribution in [3.05, 3.63) is 22.5 Å². The fourth-order valence-electron chi connectivity index (χ4n) is 1.62. The highest BCUT2D eigenvalue weighted by atomic mass is 16.2. The number of carbonyl (C=O) groups excluding carboxylic acids is 1. The maximum absolute atomic E-state index is 12.1. The molecule has 0 aliphatic carbocycles. The molecule has 6 heteroatoms. The van der Waals surface area contributed by atoms with Crippen LogP contribution in [0.25, 0.3) is 0 Å². The number of nitrogens with one attached hydrogen (secondary N) is 2. The van der Waals surface area contributed by atoms with Crippen LogP contribution in [0, 0.1) is 5.41 Å². The number of hydrogen-bond donors (Lipinski definition) is 3. The summed E-state index contributed by atoms with van der Waals surface area (Å²) in [6, 6.07) is 2.77. The Balaban J connectivity index is 2.84. The lowest BCUT2D eigenvalue weighted by Crippen LogP contribution is -2.41. The molecule has 0 aliphatic rings. The normalized spacial score (nSPS) is 11.2. The van der Waals surface area contributed by atoms with Gasteiger partial charge in [-0.1, -0.05) is 13.8 Å². The van der Waals surface area contributed by atoms with Gasteiger partial charge in [0.15, 0.2) is 5.82 Å². The van der Waals surface area contributed by atoms with Gasteiger partial charge in [0.1, 0.15) is 0 Å². The number of aromatic amines is 1. The van der Waals surface area contributed by atoms with Crippen LogP contribution in [-0.2, 0) is 4.79 Å². The number of amides is 1. The average molecular weight is 238 g/mol. The molecule has 0 aromatic carbocycles. The molecule has 1 rings (SSSR count). The maximum atomic E-state index is 12.1. The molecule has 0 bridgehead atoms. The van der Waals surface area contributed by atoms with Gasteiger partial charge in [0.05, 0.1) is 5.41 Å². The summed E-state index contributed by atoms with van der Waals surface area (Å²) in [6.07, 6.45) is 1.32. The molecule has 0 spiro atoms. The Bertz CT molecular complexity index is 409. The second kappa shape index (κ2) is 5.58. The highest BCUT2D eigenvalue weighted by Gasteiger charge is 2.33. The molecule has 6 nitrogen and oxygen atoms in total. The SMILES string of the molecule is CCC(CC)(CN)C(=O)Nc1ccc(=O)[nH]n1. The Morgan fingerprint density at radius 2 is 2.12 bits per heavy atom. The number of nitrogens with two attached hydrogens (primary N) is 1. The Morgan fingerprint density at radius 3 is 2.53 bits per heavy atom. The van der Waals surface area contributed by atoms with Crippen molar-refractivity contribution in [1.82, 2.24) is 10.2 Å². The van der Waals surface area contributed by atoms with Gasteiger partial charge in [0.25, 0.3) is 5.56 Å². The molecule has 0 unspecified atom stereocenters.